The van der Waals surface area contributed by atoms with E-state index in [1.54, 1.807) is 11.8 Å². The lowest BCUT2D eigenvalue weighted by Crippen LogP contribution is -2.22. The number of rotatable bonds is 5. The molecule has 0 spiro atoms. The summed E-state index contributed by atoms with van der Waals surface area (Å²) in [4.78, 5) is 0. The first-order valence-electron chi connectivity index (χ1n) is 4.03. The molecule has 0 amide bonds. The Hall–Kier alpha value is -0.180. The Kier molecular flexibility index (Phi) is 5.38. The van der Waals surface area contributed by atoms with Crippen molar-refractivity contribution in [1.82, 2.24) is 0 Å². The maximum Gasteiger partial charge on any atom is 0.104 e. The molecule has 2 nitrogen and oxygen atoms in total. The molecule has 0 aliphatic rings. The average Bonchev–Trinajstić information content (AvgIpc) is 1.99. The van der Waals surface area contributed by atoms with Crippen LogP contribution in [0, 0.1) is 11.3 Å². The molecule has 0 aromatic rings. The van der Waals surface area contributed by atoms with E-state index in [4.69, 9.17) is 11.1 Å². The van der Waals surface area contributed by atoms with Crippen molar-refractivity contribution in [1.29, 1.82) is 5.41 Å². The van der Waals surface area contributed by atoms with Crippen LogP contribution < -0.4 is 5.73 Å². The van der Waals surface area contributed by atoms with Gasteiger partial charge in [0.1, 0.15) is 5.84 Å². The van der Waals surface area contributed by atoms with Crippen molar-refractivity contribution in [3.63, 3.8) is 0 Å². The normalized spacial score (nSPS) is 15.9. The fraction of sp³-hybridized carbons (Fsp3) is 0.875. The number of nitrogens with two attached hydrogens (primary N) is 1. The van der Waals surface area contributed by atoms with Crippen LogP contribution in [-0.4, -0.2) is 16.8 Å². The van der Waals surface area contributed by atoms with Gasteiger partial charge in [-0.05, 0) is 18.6 Å². The first-order valence-corrected chi connectivity index (χ1v) is 5.08. The standard InChI is InChI=1S/C8H18N2S/c1-4-6(2)5-11-7(3)8(9)10/h6-7H,4-5H2,1-3H3,(H3,9,10). The second-order valence-electron chi connectivity index (χ2n) is 2.94. The number of amidine groups is 1. The molecule has 11 heavy (non-hydrogen) atoms. The van der Waals surface area contributed by atoms with Crippen molar-refractivity contribution in [2.24, 2.45) is 11.7 Å². The highest BCUT2D eigenvalue weighted by Gasteiger charge is 2.07. The van der Waals surface area contributed by atoms with Gasteiger partial charge in [-0.25, -0.2) is 0 Å². The van der Waals surface area contributed by atoms with Crippen molar-refractivity contribution in [2.45, 2.75) is 32.4 Å². The van der Waals surface area contributed by atoms with E-state index in [1.807, 2.05) is 6.92 Å². The highest BCUT2D eigenvalue weighted by molar-refractivity contribution is 8.00. The number of nitrogens with one attached hydrogen (secondary N) is 1. The van der Waals surface area contributed by atoms with E-state index >= 15 is 0 Å². The molecule has 0 saturated heterocycles. The molecule has 0 aromatic carbocycles. The highest BCUT2D eigenvalue weighted by atomic mass is 32.2. The Morgan fingerprint density at radius 1 is 1.55 bits per heavy atom. The Labute approximate surface area is 73.4 Å². The van der Waals surface area contributed by atoms with Crippen molar-refractivity contribution in [2.75, 3.05) is 5.75 Å². The van der Waals surface area contributed by atoms with Gasteiger partial charge in [0.15, 0.2) is 0 Å². The molecule has 2 unspecified atom stereocenters. The molecule has 0 radical (unpaired) electrons. The lowest BCUT2D eigenvalue weighted by Gasteiger charge is -2.12. The first-order chi connectivity index (χ1) is 5.07. The van der Waals surface area contributed by atoms with Gasteiger partial charge in [-0.15, -0.1) is 0 Å². The Balaban J connectivity index is 3.45. The molecule has 3 heteroatoms. The molecule has 3 N–H and O–H groups in total. The van der Waals surface area contributed by atoms with Gasteiger partial charge >= 0.3 is 0 Å². The minimum atomic E-state index is 0.184. The van der Waals surface area contributed by atoms with E-state index in [0.717, 1.165) is 11.7 Å². The summed E-state index contributed by atoms with van der Waals surface area (Å²) in [6.45, 7) is 6.39. The molecule has 0 saturated carbocycles. The molecule has 0 aromatic heterocycles. The fourth-order valence-corrected chi connectivity index (χ4v) is 1.55. The summed E-state index contributed by atoms with van der Waals surface area (Å²) in [5.74, 6) is 2.14. The van der Waals surface area contributed by atoms with Gasteiger partial charge in [-0.1, -0.05) is 20.3 Å². The third kappa shape index (κ3) is 5.13. The van der Waals surface area contributed by atoms with Gasteiger partial charge in [0.25, 0.3) is 0 Å². The summed E-state index contributed by atoms with van der Waals surface area (Å²) >= 11 is 1.77. The van der Waals surface area contributed by atoms with Gasteiger partial charge in [-0.2, -0.15) is 11.8 Å². The van der Waals surface area contributed by atoms with Gasteiger partial charge in [0.05, 0.1) is 5.25 Å². The third-order valence-electron chi connectivity index (χ3n) is 1.77. The first kappa shape index (κ1) is 10.8. The molecule has 0 bridgehead atoms. The molecule has 66 valence electrons. The Morgan fingerprint density at radius 3 is 2.45 bits per heavy atom. The summed E-state index contributed by atoms with van der Waals surface area (Å²) in [5.41, 5.74) is 5.33. The van der Waals surface area contributed by atoms with Crippen LogP contribution in [0.1, 0.15) is 27.2 Å². The second kappa shape index (κ2) is 5.47. The molecule has 0 fully saturated rings. The predicted molar refractivity (Wildman–Crippen MR) is 53.3 cm³/mol. The van der Waals surface area contributed by atoms with Crippen LogP contribution in [0.25, 0.3) is 0 Å². The summed E-state index contributed by atoms with van der Waals surface area (Å²) in [5, 5.41) is 7.34. The van der Waals surface area contributed by atoms with Crippen molar-refractivity contribution < 1.29 is 0 Å². The van der Waals surface area contributed by atoms with E-state index in [2.05, 4.69) is 13.8 Å². The number of thioether (sulfide) groups is 1. The SMILES string of the molecule is CCC(C)CSC(C)C(=N)N. The summed E-state index contributed by atoms with van der Waals surface area (Å²) < 4.78 is 0. The van der Waals surface area contributed by atoms with Crippen molar-refractivity contribution >= 4 is 17.6 Å². The van der Waals surface area contributed by atoms with Gasteiger partial charge < -0.3 is 5.73 Å². The molecule has 0 aliphatic heterocycles. The highest BCUT2D eigenvalue weighted by Crippen LogP contribution is 2.16. The fourth-order valence-electron chi connectivity index (χ4n) is 0.516. The van der Waals surface area contributed by atoms with Crippen LogP contribution in [0.4, 0.5) is 0 Å². The minimum Gasteiger partial charge on any atom is -0.387 e. The zero-order valence-electron chi connectivity index (χ0n) is 7.55. The monoisotopic (exact) mass is 174 g/mol. The van der Waals surface area contributed by atoms with E-state index in [1.165, 1.54) is 6.42 Å². The third-order valence-corrected chi connectivity index (χ3v) is 3.28. The minimum absolute atomic E-state index is 0.184. The average molecular weight is 174 g/mol. The van der Waals surface area contributed by atoms with Crippen LogP contribution in [-0.2, 0) is 0 Å². The van der Waals surface area contributed by atoms with Crippen molar-refractivity contribution in [3.05, 3.63) is 0 Å². The number of hydrogen-bond acceptors (Lipinski definition) is 2. The zero-order valence-corrected chi connectivity index (χ0v) is 8.37. The Bertz CT molecular complexity index is 125. The molecule has 2 atom stereocenters. The largest absolute Gasteiger partial charge is 0.387 e. The molecule has 0 aliphatic carbocycles. The zero-order chi connectivity index (χ0) is 8.85. The van der Waals surface area contributed by atoms with Gasteiger partial charge in [-0.3, -0.25) is 5.41 Å². The summed E-state index contributed by atoms with van der Waals surface area (Å²) in [7, 11) is 0. The van der Waals surface area contributed by atoms with Crippen LogP contribution >= 0.6 is 11.8 Å². The van der Waals surface area contributed by atoms with Gasteiger partial charge in [0.2, 0.25) is 0 Å². The van der Waals surface area contributed by atoms with E-state index in [0.29, 0.717) is 5.84 Å². The second-order valence-corrected chi connectivity index (χ2v) is 4.32. The Morgan fingerprint density at radius 2 is 2.09 bits per heavy atom. The predicted octanol–water partition coefficient (Wildman–Crippen LogP) is 2.09. The van der Waals surface area contributed by atoms with Crippen LogP contribution in [0.2, 0.25) is 0 Å². The molecular formula is C8H18N2S. The van der Waals surface area contributed by atoms with Gasteiger partial charge in [0, 0.05) is 0 Å². The summed E-state index contributed by atoms with van der Waals surface area (Å²) in [6.07, 6.45) is 1.21. The molecular weight excluding hydrogens is 156 g/mol. The lowest BCUT2D eigenvalue weighted by molar-refractivity contribution is 0.636. The summed E-state index contributed by atoms with van der Waals surface area (Å²) in [6, 6.07) is 0. The number of hydrogen-bond donors (Lipinski definition) is 2. The van der Waals surface area contributed by atoms with Crippen LogP contribution in [0.3, 0.4) is 0 Å². The maximum atomic E-state index is 7.16. The van der Waals surface area contributed by atoms with Crippen LogP contribution in [0.5, 0.6) is 0 Å². The van der Waals surface area contributed by atoms with E-state index in [-0.39, 0.29) is 5.25 Å². The molecule has 0 rings (SSSR count). The van der Waals surface area contributed by atoms with Crippen LogP contribution in [0.15, 0.2) is 0 Å². The van der Waals surface area contributed by atoms with E-state index < -0.39 is 0 Å². The topological polar surface area (TPSA) is 49.9 Å². The maximum absolute atomic E-state index is 7.16. The molecule has 0 heterocycles. The van der Waals surface area contributed by atoms with Crippen molar-refractivity contribution in [3.8, 4) is 0 Å². The quantitative estimate of drug-likeness (QED) is 0.495. The lowest BCUT2D eigenvalue weighted by atomic mass is 10.2. The van der Waals surface area contributed by atoms with E-state index in [9.17, 15) is 0 Å². The smallest absolute Gasteiger partial charge is 0.104 e.